The van der Waals surface area contributed by atoms with Crippen LogP contribution < -0.4 is 5.73 Å². The molecule has 1 heterocycles. The number of carbonyl (C=O) groups excluding carboxylic acids is 1. The van der Waals surface area contributed by atoms with E-state index in [1.165, 1.54) is 11.8 Å². The highest BCUT2D eigenvalue weighted by Gasteiger charge is 2.21. The van der Waals surface area contributed by atoms with Gasteiger partial charge in [0.25, 0.3) is 0 Å². The van der Waals surface area contributed by atoms with E-state index < -0.39 is 5.97 Å². The van der Waals surface area contributed by atoms with Crippen LogP contribution in [0.5, 0.6) is 0 Å². The van der Waals surface area contributed by atoms with E-state index in [-0.39, 0.29) is 5.82 Å². The highest BCUT2D eigenvalue weighted by atomic mass is 32.2. The maximum Gasteiger partial charge on any atom is 0.358 e. The van der Waals surface area contributed by atoms with E-state index in [2.05, 4.69) is 4.98 Å². The lowest BCUT2D eigenvalue weighted by Gasteiger charge is -2.08. The lowest BCUT2D eigenvalue weighted by Crippen LogP contribution is -2.14. The number of hydrogen-bond donors (Lipinski definition) is 1. The second-order valence-electron chi connectivity index (χ2n) is 3.20. The minimum absolute atomic E-state index is 0.247. The Balaban J connectivity index is 3.13. The van der Waals surface area contributed by atoms with E-state index in [4.69, 9.17) is 10.5 Å². The molecule has 2 N–H and O–H groups in total. The summed E-state index contributed by atoms with van der Waals surface area (Å²) in [5.74, 6) is -0.155. The molecule has 0 fully saturated rings. The number of nitrogens with two attached hydrogens (primary N) is 1. The zero-order valence-corrected chi connectivity index (χ0v) is 10.6. The summed E-state index contributed by atoms with van der Waals surface area (Å²) in [5, 5.41) is 0.752. The van der Waals surface area contributed by atoms with Crippen molar-refractivity contribution in [2.75, 3.05) is 18.6 Å². The zero-order valence-electron chi connectivity index (χ0n) is 9.82. The average Bonchev–Trinajstić information content (AvgIpc) is 2.56. The van der Waals surface area contributed by atoms with Gasteiger partial charge in [-0.25, -0.2) is 9.78 Å². The SMILES string of the molecule is CCCn1c(SC)nc(N)c1C(=O)OCC. The van der Waals surface area contributed by atoms with Gasteiger partial charge in [-0.15, -0.1) is 0 Å². The van der Waals surface area contributed by atoms with Crippen LogP contribution in [0.15, 0.2) is 5.16 Å². The summed E-state index contributed by atoms with van der Waals surface area (Å²) in [7, 11) is 0. The van der Waals surface area contributed by atoms with Crippen molar-refractivity contribution in [3.8, 4) is 0 Å². The summed E-state index contributed by atoms with van der Waals surface area (Å²) in [6.45, 7) is 4.86. The molecule has 0 bridgehead atoms. The molecule has 1 aromatic rings. The van der Waals surface area contributed by atoms with Gasteiger partial charge in [-0.1, -0.05) is 18.7 Å². The molecule has 0 spiro atoms. The standard InChI is InChI=1S/C10H17N3O2S/c1-4-6-13-7(9(14)15-5-2)8(11)12-10(13)16-3/h4-6,11H2,1-3H3. The van der Waals surface area contributed by atoms with E-state index in [0.717, 1.165) is 11.6 Å². The number of carbonyl (C=O) groups is 1. The summed E-state index contributed by atoms with van der Waals surface area (Å²) in [6, 6.07) is 0. The van der Waals surface area contributed by atoms with E-state index in [0.29, 0.717) is 18.8 Å². The molecular formula is C10H17N3O2S. The van der Waals surface area contributed by atoms with Gasteiger partial charge in [-0.05, 0) is 19.6 Å². The summed E-state index contributed by atoms with van der Waals surface area (Å²) >= 11 is 1.47. The molecule has 5 nitrogen and oxygen atoms in total. The largest absolute Gasteiger partial charge is 0.461 e. The number of aromatic nitrogens is 2. The van der Waals surface area contributed by atoms with Crippen LogP contribution in [0.3, 0.4) is 0 Å². The minimum Gasteiger partial charge on any atom is -0.461 e. The molecule has 0 atom stereocenters. The van der Waals surface area contributed by atoms with Crippen LogP contribution in [0.4, 0.5) is 5.82 Å². The fourth-order valence-electron chi connectivity index (χ4n) is 1.45. The monoisotopic (exact) mass is 243 g/mol. The molecule has 1 rings (SSSR count). The molecule has 0 aliphatic carbocycles. The van der Waals surface area contributed by atoms with Crippen molar-refractivity contribution in [2.45, 2.75) is 32.0 Å². The number of esters is 1. The number of hydrogen-bond acceptors (Lipinski definition) is 5. The Hall–Kier alpha value is -1.17. The van der Waals surface area contributed by atoms with Crippen LogP contribution in [0.25, 0.3) is 0 Å². The number of thioether (sulfide) groups is 1. The molecule has 16 heavy (non-hydrogen) atoms. The average molecular weight is 243 g/mol. The summed E-state index contributed by atoms with van der Waals surface area (Å²) in [6.07, 6.45) is 2.82. The first kappa shape index (κ1) is 12.9. The van der Waals surface area contributed by atoms with Gasteiger partial charge in [0.2, 0.25) is 0 Å². The summed E-state index contributed by atoms with van der Waals surface area (Å²) in [4.78, 5) is 15.9. The first-order valence-corrected chi connectivity index (χ1v) is 6.45. The van der Waals surface area contributed by atoms with Crippen molar-refractivity contribution in [1.29, 1.82) is 0 Å². The van der Waals surface area contributed by atoms with Gasteiger partial charge in [0.1, 0.15) is 0 Å². The normalized spacial score (nSPS) is 10.4. The number of imidazole rings is 1. The molecule has 0 unspecified atom stereocenters. The van der Waals surface area contributed by atoms with Gasteiger partial charge < -0.3 is 15.0 Å². The number of rotatable bonds is 5. The lowest BCUT2D eigenvalue weighted by molar-refractivity contribution is 0.0514. The Morgan fingerprint density at radius 2 is 2.25 bits per heavy atom. The van der Waals surface area contributed by atoms with Gasteiger partial charge >= 0.3 is 5.97 Å². The first-order valence-electron chi connectivity index (χ1n) is 5.22. The van der Waals surface area contributed by atoms with Gasteiger partial charge in [-0.3, -0.25) is 0 Å². The fourth-order valence-corrected chi connectivity index (χ4v) is 2.04. The van der Waals surface area contributed by atoms with Crippen molar-refractivity contribution >= 4 is 23.5 Å². The van der Waals surface area contributed by atoms with Crippen LogP contribution in [-0.4, -0.2) is 28.4 Å². The Kier molecular flexibility index (Phi) is 4.67. The molecule has 0 amide bonds. The number of anilines is 1. The van der Waals surface area contributed by atoms with Crippen LogP contribution in [0.1, 0.15) is 30.8 Å². The summed E-state index contributed by atoms with van der Waals surface area (Å²) in [5.41, 5.74) is 6.10. The Morgan fingerprint density at radius 3 is 2.75 bits per heavy atom. The van der Waals surface area contributed by atoms with Crippen molar-refractivity contribution in [3.63, 3.8) is 0 Å². The second kappa shape index (κ2) is 5.79. The predicted molar refractivity (Wildman–Crippen MR) is 64.7 cm³/mol. The van der Waals surface area contributed by atoms with E-state index in [9.17, 15) is 4.79 Å². The number of ether oxygens (including phenoxy) is 1. The third kappa shape index (κ3) is 2.49. The maximum atomic E-state index is 11.7. The third-order valence-electron chi connectivity index (χ3n) is 2.06. The van der Waals surface area contributed by atoms with Gasteiger partial charge in [0.05, 0.1) is 6.61 Å². The van der Waals surface area contributed by atoms with E-state index in [1.807, 2.05) is 17.7 Å². The zero-order chi connectivity index (χ0) is 12.1. The van der Waals surface area contributed by atoms with Crippen LogP contribution in [0.2, 0.25) is 0 Å². The Labute approximate surface area is 99.4 Å². The molecule has 90 valence electrons. The molecule has 0 aromatic carbocycles. The second-order valence-corrected chi connectivity index (χ2v) is 3.98. The highest BCUT2D eigenvalue weighted by Crippen LogP contribution is 2.22. The molecule has 6 heteroatoms. The van der Waals surface area contributed by atoms with Crippen molar-refractivity contribution in [1.82, 2.24) is 9.55 Å². The molecule has 0 saturated carbocycles. The Bertz CT molecular complexity index is 376. The van der Waals surface area contributed by atoms with Gasteiger partial charge in [0.15, 0.2) is 16.7 Å². The topological polar surface area (TPSA) is 70.1 Å². The minimum atomic E-state index is -0.402. The number of nitrogens with zero attached hydrogens (tertiary/aromatic N) is 2. The van der Waals surface area contributed by atoms with E-state index >= 15 is 0 Å². The maximum absolute atomic E-state index is 11.7. The van der Waals surface area contributed by atoms with E-state index in [1.54, 1.807) is 6.92 Å². The molecule has 0 radical (unpaired) electrons. The molecule has 0 saturated heterocycles. The fraction of sp³-hybridized carbons (Fsp3) is 0.600. The Morgan fingerprint density at radius 1 is 1.56 bits per heavy atom. The van der Waals surface area contributed by atoms with Crippen molar-refractivity contribution in [2.24, 2.45) is 0 Å². The van der Waals surface area contributed by atoms with Gasteiger partial charge in [-0.2, -0.15) is 0 Å². The molecule has 0 aliphatic heterocycles. The lowest BCUT2D eigenvalue weighted by atomic mass is 10.4. The van der Waals surface area contributed by atoms with Crippen LogP contribution >= 0.6 is 11.8 Å². The van der Waals surface area contributed by atoms with Crippen LogP contribution in [0, 0.1) is 0 Å². The van der Waals surface area contributed by atoms with Crippen molar-refractivity contribution in [3.05, 3.63) is 5.69 Å². The molecule has 1 aromatic heterocycles. The van der Waals surface area contributed by atoms with Gasteiger partial charge in [0, 0.05) is 6.54 Å². The molecule has 0 aliphatic rings. The number of nitrogen functional groups attached to an aromatic ring is 1. The van der Waals surface area contributed by atoms with Crippen molar-refractivity contribution < 1.29 is 9.53 Å². The highest BCUT2D eigenvalue weighted by molar-refractivity contribution is 7.98. The first-order chi connectivity index (χ1) is 7.65. The quantitative estimate of drug-likeness (QED) is 0.630. The molecular weight excluding hydrogens is 226 g/mol. The van der Waals surface area contributed by atoms with Crippen LogP contribution in [-0.2, 0) is 11.3 Å². The smallest absolute Gasteiger partial charge is 0.358 e. The summed E-state index contributed by atoms with van der Waals surface area (Å²) < 4.78 is 6.78. The predicted octanol–water partition coefficient (Wildman–Crippen LogP) is 1.77. The third-order valence-corrected chi connectivity index (χ3v) is 2.73.